The van der Waals surface area contributed by atoms with Crippen molar-refractivity contribution in [3.8, 4) is 5.75 Å². The van der Waals surface area contributed by atoms with Gasteiger partial charge in [-0.15, -0.1) is 0 Å². The molecule has 6 heteroatoms. The molecule has 0 fully saturated rings. The van der Waals surface area contributed by atoms with Gasteiger partial charge in [-0.05, 0) is 79.0 Å². The summed E-state index contributed by atoms with van der Waals surface area (Å²) in [6, 6.07) is 13.7. The number of amides is 1. The molecule has 0 unspecified atom stereocenters. The molecule has 0 radical (unpaired) electrons. The number of ether oxygens (including phenoxy) is 1. The first-order valence-corrected chi connectivity index (χ1v) is 9.45. The third kappa shape index (κ3) is 4.57. The van der Waals surface area contributed by atoms with E-state index in [-0.39, 0.29) is 11.9 Å². The Morgan fingerprint density at radius 3 is 2.59 bits per heavy atom. The number of carbonyl (C=O) groups is 1. The van der Waals surface area contributed by atoms with Crippen molar-refractivity contribution >= 4 is 28.9 Å². The molecule has 27 heavy (non-hydrogen) atoms. The Labute approximate surface area is 165 Å². The smallest absolute Gasteiger partial charge is 0.253 e. The number of nitrogens with one attached hydrogen (secondary N) is 2. The number of rotatable bonds is 4. The number of fused-ring (bicyclic) bond motifs is 1. The van der Waals surface area contributed by atoms with Crippen molar-refractivity contribution in [3.05, 3.63) is 59.2 Å². The Hall–Kier alpha value is -2.60. The summed E-state index contributed by atoms with van der Waals surface area (Å²) >= 11 is 5.50. The highest BCUT2D eigenvalue weighted by atomic mass is 32.1. The molecule has 0 heterocycles. The lowest BCUT2D eigenvalue weighted by molar-refractivity contribution is 0.0827. The molecule has 3 rings (SSSR count). The topological polar surface area (TPSA) is 53.6 Å². The SMILES string of the molecule is COc1ccc2c(c1)CCC[C@@H]2NC(=S)Nc1ccc(C(=O)N(C)C)cc1. The minimum absolute atomic E-state index is 0.0171. The van der Waals surface area contributed by atoms with Gasteiger partial charge in [0.15, 0.2) is 5.11 Å². The summed E-state index contributed by atoms with van der Waals surface area (Å²) in [5, 5.41) is 7.21. The summed E-state index contributed by atoms with van der Waals surface area (Å²) in [7, 11) is 5.17. The molecule has 2 aromatic carbocycles. The number of methoxy groups -OCH3 is 1. The number of nitrogens with zero attached hydrogens (tertiary/aromatic N) is 1. The van der Waals surface area contributed by atoms with Crippen LogP contribution >= 0.6 is 12.2 Å². The van der Waals surface area contributed by atoms with Gasteiger partial charge in [0.1, 0.15) is 5.75 Å². The Balaban J connectivity index is 1.64. The first kappa shape index (κ1) is 19.2. The summed E-state index contributed by atoms with van der Waals surface area (Å²) < 4.78 is 5.33. The molecule has 0 saturated carbocycles. The fraction of sp³-hybridized carbons (Fsp3) is 0.333. The number of anilines is 1. The third-order valence-electron chi connectivity index (χ3n) is 4.77. The van der Waals surface area contributed by atoms with Crippen LogP contribution in [0.2, 0.25) is 0 Å². The molecule has 1 amide bonds. The lowest BCUT2D eigenvalue weighted by Crippen LogP contribution is -2.34. The molecule has 0 spiro atoms. The number of benzene rings is 2. The van der Waals surface area contributed by atoms with Gasteiger partial charge in [0.05, 0.1) is 13.2 Å². The largest absolute Gasteiger partial charge is 0.497 e. The van der Waals surface area contributed by atoms with Crippen LogP contribution in [0.1, 0.15) is 40.4 Å². The minimum Gasteiger partial charge on any atom is -0.497 e. The van der Waals surface area contributed by atoms with Gasteiger partial charge in [0.25, 0.3) is 5.91 Å². The first-order chi connectivity index (χ1) is 13.0. The van der Waals surface area contributed by atoms with Crippen molar-refractivity contribution in [2.75, 3.05) is 26.5 Å². The average Bonchev–Trinajstić information content (AvgIpc) is 2.67. The molecule has 1 aliphatic carbocycles. The van der Waals surface area contributed by atoms with Crippen molar-refractivity contribution in [3.63, 3.8) is 0 Å². The van der Waals surface area contributed by atoms with E-state index in [0.29, 0.717) is 10.7 Å². The zero-order valence-electron chi connectivity index (χ0n) is 15.9. The molecular weight excluding hydrogens is 358 g/mol. The van der Waals surface area contributed by atoms with Gasteiger partial charge in [-0.1, -0.05) is 6.07 Å². The quantitative estimate of drug-likeness (QED) is 0.788. The number of hydrogen-bond acceptors (Lipinski definition) is 3. The molecule has 0 aromatic heterocycles. The molecule has 2 N–H and O–H groups in total. The molecule has 1 aliphatic rings. The van der Waals surface area contributed by atoms with E-state index in [9.17, 15) is 4.79 Å². The monoisotopic (exact) mass is 383 g/mol. The normalized spacial score (nSPS) is 15.4. The Kier molecular flexibility index (Phi) is 5.96. The molecule has 0 bridgehead atoms. The summed E-state index contributed by atoms with van der Waals surface area (Å²) in [6.45, 7) is 0. The summed E-state index contributed by atoms with van der Waals surface area (Å²) in [4.78, 5) is 13.5. The van der Waals surface area contributed by atoms with E-state index in [1.807, 2.05) is 18.2 Å². The highest BCUT2D eigenvalue weighted by molar-refractivity contribution is 7.80. The zero-order chi connectivity index (χ0) is 19.4. The van der Waals surface area contributed by atoms with E-state index >= 15 is 0 Å². The zero-order valence-corrected chi connectivity index (χ0v) is 16.7. The average molecular weight is 384 g/mol. The molecule has 0 aliphatic heterocycles. The third-order valence-corrected chi connectivity index (χ3v) is 4.99. The standard InChI is InChI=1S/C21H25N3O2S/c1-24(2)20(25)14-7-9-16(10-8-14)22-21(27)23-19-6-4-5-15-13-17(26-3)11-12-18(15)19/h7-13,19H,4-6H2,1-3H3,(H2,22,23,27)/t19-/m0/s1. The highest BCUT2D eigenvalue weighted by Crippen LogP contribution is 2.32. The van der Waals surface area contributed by atoms with Crippen LogP contribution in [-0.2, 0) is 6.42 Å². The van der Waals surface area contributed by atoms with Crippen LogP contribution in [0.3, 0.4) is 0 Å². The molecule has 5 nitrogen and oxygen atoms in total. The lowest BCUT2D eigenvalue weighted by Gasteiger charge is -2.28. The van der Waals surface area contributed by atoms with Crippen LogP contribution in [0.15, 0.2) is 42.5 Å². The van der Waals surface area contributed by atoms with Crippen molar-refractivity contribution in [1.29, 1.82) is 0 Å². The maximum atomic E-state index is 12.0. The predicted octanol–water partition coefficient (Wildman–Crippen LogP) is 3.76. The summed E-state index contributed by atoms with van der Waals surface area (Å²) in [5.41, 5.74) is 4.10. The van der Waals surface area contributed by atoms with Gasteiger partial charge < -0.3 is 20.3 Å². The second kappa shape index (κ2) is 8.39. The van der Waals surface area contributed by atoms with Gasteiger partial charge >= 0.3 is 0 Å². The van der Waals surface area contributed by atoms with E-state index in [1.54, 1.807) is 38.2 Å². The number of carbonyl (C=O) groups excluding carboxylic acids is 1. The maximum Gasteiger partial charge on any atom is 0.253 e. The number of thiocarbonyl (C=S) groups is 1. The number of aryl methyl sites for hydroxylation is 1. The molecule has 1 atom stereocenters. The predicted molar refractivity (Wildman–Crippen MR) is 112 cm³/mol. The van der Waals surface area contributed by atoms with Crippen LogP contribution in [0.4, 0.5) is 5.69 Å². The Bertz CT molecular complexity index is 834. The van der Waals surface area contributed by atoms with E-state index in [1.165, 1.54) is 11.1 Å². The molecule has 0 saturated heterocycles. The molecular formula is C21H25N3O2S. The van der Waals surface area contributed by atoms with E-state index in [0.717, 1.165) is 30.7 Å². The van der Waals surface area contributed by atoms with Crippen LogP contribution in [0.25, 0.3) is 0 Å². The van der Waals surface area contributed by atoms with E-state index < -0.39 is 0 Å². The fourth-order valence-electron chi connectivity index (χ4n) is 3.35. The molecule has 142 valence electrons. The van der Waals surface area contributed by atoms with Gasteiger partial charge in [-0.2, -0.15) is 0 Å². The Morgan fingerprint density at radius 2 is 1.93 bits per heavy atom. The molecule has 2 aromatic rings. The van der Waals surface area contributed by atoms with Gasteiger partial charge in [0.2, 0.25) is 0 Å². The van der Waals surface area contributed by atoms with Crippen LogP contribution in [-0.4, -0.2) is 37.1 Å². The van der Waals surface area contributed by atoms with Crippen molar-refractivity contribution in [2.45, 2.75) is 25.3 Å². The van der Waals surface area contributed by atoms with Crippen molar-refractivity contribution in [2.24, 2.45) is 0 Å². The fourth-order valence-corrected chi connectivity index (χ4v) is 3.61. The minimum atomic E-state index is -0.0171. The van der Waals surface area contributed by atoms with E-state index in [2.05, 4.69) is 22.8 Å². The highest BCUT2D eigenvalue weighted by Gasteiger charge is 2.21. The summed E-state index contributed by atoms with van der Waals surface area (Å²) in [6.07, 6.45) is 3.21. The first-order valence-electron chi connectivity index (χ1n) is 9.04. The van der Waals surface area contributed by atoms with Gasteiger partial charge in [-0.3, -0.25) is 4.79 Å². The second-order valence-electron chi connectivity index (χ2n) is 6.88. The van der Waals surface area contributed by atoms with Crippen LogP contribution in [0.5, 0.6) is 5.75 Å². The lowest BCUT2D eigenvalue weighted by atomic mass is 9.87. The Morgan fingerprint density at radius 1 is 1.19 bits per heavy atom. The van der Waals surface area contributed by atoms with Gasteiger partial charge in [-0.25, -0.2) is 0 Å². The van der Waals surface area contributed by atoms with Crippen LogP contribution in [0, 0.1) is 0 Å². The van der Waals surface area contributed by atoms with Gasteiger partial charge in [0, 0.05) is 25.3 Å². The number of hydrogen-bond donors (Lipinski definition) is 2. The van der Waals surface area contributed by atoms with Crippen LogP contribution < -0.4 is 15.4 Å². The maximum absolute atomic E-state index is 12.0. The summed E-state index contributed by atoms with van der Waals surface area (Å²) in [5.74, 6) is 0.874. The van der Waals surface area contributed by atoms with E-state index in [4.69, 9.17) is 17.0 Å². The van der Waals surface area contributed by atoms with Crippen molar-refractivity contribution < 1.29 is 9.53 Å². The second-order valence-corrected chi connectivity index (χ2v) is 7.29. The van der Waals surface area contributed by atoms with Crippen molar-refractivity contribution in [1.82, 2.24) is 10.2 Å².